The Labute approximate surface area is 109 Å². The molecule has 1 aliphatic carbocycles. The van der Waals surface area contributed by atoms with E-state index < -0.39 is 0 Å². The molecule has 0 bridgehead atoms. The Hall–Kier alpha value is -0.420. The third kappa shape index (κ3) is 2.46. The molecule has 0 aliphatic heterocycles. The van der Waals surface area contributed by atoms with Crippen molar-refractivity contribution in [3.63, 3.8) is 0 Å². The van der Waals surface area contributed by atoms with Crippen LogP contribution in [0.4, 0.5) is 4.39 Å². The molecule has 86 valence electrons. The summed E-state index contributed by atoms with van der Waals surface area (Å²) in [5, 5.41) is 3.33. The van der Waals surface area contributed by atoms with Crippen molar-refractivity contribution in [2.24, 2.45) is 0 Å². The number of benzene rings is 1. The van der Waals surface area contributed by atoms with Gasteiger partial charge in [-0.3, -0.25) is 0 Å². The van der Waals surface area contributed by atoms with Crippen LogP contribution < -0.4 is 5.32 Å². The van der Waals surface area contributed by atoms with E-state index in [0.717, 1.165) is 9.99 Å². The molecular weight excluding hydrogens is 316 g/mol. The summed E-state index contributed by atoms with van der Waals surface area (Å²) < 4.78 is 14.0. The second-order valence-corrected chi connectivity index (χ2v) is 5.22. The van der Waals surface area contributed by atoms with Gasteiger partial charge in [0.25, 0.3) is 0 Å². The van der Waals surface area contributed by atoms with Crippen LogP contribution in [0.5, 0.6) is 0 Å². The van der Waals surface area contributed by atoms with Gasteiger partial charge in [0.05, 0.1) is 6.04 Å². The van der Waals surface area contributed by atoms with E-state index in [9.17, 15) is 4.39 Å². The first kappa shape index (κ1) is 12.0. The highest BCUT2D eigenvalue weighted by atomic mass is 127. The van der Waals surface area contributed by atoms with Crippen LogP contribution in [0.2, 0.25) is 0 Å². The second kappa shape index (κ2) is 5.27. The molecule has 1 aliphatic rings. The Bertz CT molecular complexity index is 414. The highest BCUT2D eigenvalue weighted by Gasteiger charge is 2.19. The van der Waals surface area contributed by atoms with Gasteiger partial charge in [0, 0.05) is 3.57 Å². The van der Waals surface area contributed by atoms with Crippen LogP contribution in [-0.2, 0) is 0 Å². The maximum atomic E-state index is 13.1. The lowest BCUT2D eigenvalue weighted by atomic mass is 9.98. The molecule has 1 aromatic carbocycles. The second-order valence-electron chi connectivity index (χ2n) is 4.06. The third-order valence-corrected chi connectivity index (χ3v) is 3.94. The molecule has 0 radical (unpaired) electrons. The summed E-state index contributed by atoms with van der Waals surface area (Å²) in [7, 11) is 1.96. The number of nitrogens with one attached hydrogen (secondary N) is 1. The fourth-order valence-corrected chi connectivity index (χ4v) is 3.02. The van der Waals surface area contributed by atoms with Crippen molar-refractivity contribution in [2.45, 2.75) is 25.3 Å². The number of hydrogen-bond acceptors (Lipinski definition) is 1. The van der Waals surface area contributed by atoms with Crippen LogP contribution in [-0.4, -0.2) is 7.05 Å². The van der Waals surface area contributed by atoms with Gasteiger partial charge in [-0.15, -0.1) is 0 Å². The lowest BCUT2D eigenvalue weighted by Crippen LogP contribution is -2.19. The zero-order valence-corrected chi connectivity index (χ0v) is 11.4. The lowest BCUT2D eigenvalue weighted by molar-refractivity contribution is 0.617. The summed E-state index contributed by atoms with van der Waals surface area (Å²) >= 11 is 2.20. The number of rotatable bonds is 3. The molecule has 0 amide bonds. The lowest BCUT2D eigenvalue weighted by Gasteiger charge is -2.19. The third-order valence-electron chi connectivity index (χ3n) is 3.01. The van der Waals surface area contributed by atoms with E-state index in [0.29, 0.717) is 0 Å². The maximum Gasteiger partial charge on any atom is 0.124 e. The average molecular weight is 331 g/mol. The van der Waals surface area contributed by atoms with E-state index >= 15 is 0 Å². The minimum Gasteiger partial charge on any atom is -0.310 e. The SMILES string of the molecule is CNC(C1=CCCC1)c1ccc(F)cc1I. The molecule has 0 heterocycles. The maximum absolute atomic E-state index is 13.1. The number of halogens is 2. The van der Waals surface area contributed by atoms with Crippen LogP contribution in [0.25, 0.3) is 0 Å². The first-order valence-electron chi connectivity index (χ1n) is 5.53. The highest BCUT2D eigenvalue weighted by Crippen LogP contribution is 2.32. The van der Waals surface area contributed by atoms with Gasteiger partial charge in [0.2, 0.25) is 0 Å². The zero-order chi connectivity index (χ0) is 11.5. The van der Waals surface area contributed by atoms with Crippen molar-refractivity contribution in [2.75, 3.05) is 7.05 Å². The Kier molecular flexibility index (Phi) is 3.97. The molecule has 0 fully saturated rings. The summed E-state index contributed by atoms with van der Waals surface area (Å²) in [5.74, 6) is -0.164. The summed E-state index contributed by atoms with van der Waals surface area (Å²) in [6.07, 6.45) is 5.87. The molecule has 0 spiro atoms. The van der Waals surface area contributed by atoms with Gasteiger partial charge >= 0.3 is 0 Å². The van der Waals surface area contributed by atoms with Crippen molar-refractivity contribution in [1.82, 2.24) is 5.32 Å². The van der Waals surface area contributed by atoms with Crippen LogP contribution in [0.15, 0.2) is 29.8 Å². The molecule has 0 aromatic heterocycles. The van der Waals surface area contributed by atoms with Gasteiger partial charge in [-0.2, -0.15) is 0 Å². The van der Waals surface area contributed by atoms with Crippen molar-refractivity contribution in [1.29, 1.82) is 0 Å². The molecule has 1 unspecified atom stereocenters. The van der Waals surface area contributed by atoms with E-state index in [1.165, 1.54) is 30.0 Å². The van der Waals surface area contributed by atoms with Crippen molar-refractivity contribution < 1.29 is 4.39 Å². The van der Waals surface area contributed by atoms with E-state index in [-0.39, 0.29) is 11.9 Å². The minimum atomic E-state index is -0.164. The van der Waals surface area contributed by atoms with Gasteiger partial charge in [-0.25, -0.2) is 4.39 Å². The molecule has 1 N–H and O–H groups in total. The molecular formula is C13H15FIN. The molecule has 0 saturated heterocycles. The minimum absolute atomic E-state index is 0.164. The fraction of sp³-hybridized carbons (Fsp3) is 0.385. The van der Waals surface area contributed by atoms with Crippen LogP contribution in [0.1, 0.15) is 30.9 Å². The van der Waals surface area contributed by atoms with E-state index in [1.54, 1.807) is 6.07 Å². The molecule has 1 nitrogen and oxygen atoms in total. The monoisotopic (exact) mass is 331 g/mol. The Balaban J connectivity index is 2.32. The normalized spacial score (nSPS) is 17.3. The highest BCUT2D eigenvalue weighted by molar-refractivity contribution is 14.1. The van der Waals surface area contributed by atoms with Crippen molar-refractivity contribution in [3.8, 4) is 0 Å². The van der Waals surface area contributed by atoms with Gasteiger partial charge in [0.1, 0.15) is 5.82 Å². The molecule has 1 aromatic rings. The summed E-state index contributed by atoms with van der Waals surface area (Å²) in [6.45, 7) is 0. The summed E-state index contributed by atoms with van der Waals surface area (Å²) in [6, 6.07) is 5.26. The summed E-state index contributed by atoms with van der Waals surface area (Å²) in [5.41, 5.74) is 2.62. The Morgan fingerprint density at radius 2 is 2.25 bits per heavy atom. The zero-order valence-electron chi connectivity index (χ0n) is 9.26. The Morgan fingerprint density at radius 3 is 2.81 bits per heavy atom. The first-order chi connectivity index (χ1) is 7.72. The van der Waals surface area contributed by atoms with Gasteiger partial charge in [-0.05, 0) is 66.6 Å². The van der Waals surface area contributed by atoms with E-state index in [1.807, 2.05) is 13.1 Å². The topological polar surface area (TPSA) is 12.0 Å². The standard InChI is InChI=1S/C13H15FIN/c1-16-13(9-4-2-3-5-9)11-7-6-10(14)8-12(11)15/h4,6-8,13,16H,2-3,5H2,1H3. The van der Waals surface area contributed by atoms with Gasteiger partial charge < -0.3 is 5.32 Å². The quantitative estimate of drug-likeness (QED) is 0.656. The van der Waals surface area contributed by atoms with Crippen LogP contribution in [0.3, 0.4) is 0 Å². The molecule has 2 rings (SSSR count). The molecule has 16 heavy (non-hydrogen) atoms. The van der Waals surface area contributed by atoms with Crippen molar-refractivity contribution in [3.05, 3.63) is 44.8 Å². The first-order valence-corrected chi connectivity index (χ1v) is 6.61. The van der Waals surface area contributed by atoms with E-state index in [4.69, 9.17) is 0 Å². The molecule has 1 atom stereocenters. The summed E-state index contributed by atoms with van der Waals surface area (Å²) in [4.78, 5) is 0. The number of allylic oxidation sites excluding steroid dienone is 1. The van der Waals surface area contributed by atoms with E-state index in [2.05, 4.69) is 34.0 Å². The predicted octanol–water partition coefficient (Wildman–Crippen LogP) is 3.80. The smallest absolute Gasteiger partial charge is 0.124 e. The number of likely N-dealkylation sites (N-methyl/N-ethyl adjacent to an activating group) is 1. The fourth-order valence-electron chi connectivity index (χ4n) is 2.23. The van der Waals surface area contributed by atoms with Crippen LogP contribution in [0, 0.1) is 9.39 Å². The van der Waals surface area contributed by atoms with Gasteiger partial charge in [0.15, 0.2) is 0 Å². The van der Waals surface area contributed by atoms with Crippen LogP contribution >= 0.6 is 22.6 Å². The van der Waals surface area contributed by atoms with Crippen molar-refractivity contribution >= 4 is 22.6 Å². The average Bonchev–Trinajstić information content (AvgIpc) is 2.75. The predicted molar refractivity (Wildman–Crippen MR) is 72.9 cm³/mol. The number of hydrogen-bond donors (Lipinski definition) is 1. The largest absolute Gasteiger partial charge is 0.310 e. The Morgan fingerprint density at radius 1 is 1.44 bits per heavy atom. The molecule has 0 saturated carbocycles. The molecule has 3 heteroatoms. The van der Waals surface area contributed by atoms with Gasteiger partial charge in [-0.1, -0.05) is 17.7 Å².